The number of ether oxygens (including phenoxy) is 1. The van der Waals surface area contributed by atoms with Crippen LogP contribution in [-0.2, 0) is 9.53 Å². The fourth-order valence-corrected chi connectivity index (χ4v) is 1.68. The smallest absolute Gasteiger partial charge is 0.310 e. The van der Waals surface area contributed by atoms with Gasteiger partial charge in [-0.3, -0.25) is 4.79 Å². The number of hydrogen-bond donors (Lipinski definition) is 0. The van der Waals surface area contributed by atoms with E-state index in [2.05, 4.69) is 6.92 Å². The van der Waals surface area contributed by atoms with E-state index in [0.717, 1.165) is 24.5 Å². The minimum Gasteiger partial charge on any atom is -0.431 e. The first-order chi connectivity index (χ1) is 6.13. The van der Waals surface area contributed by atoms with Crippen molar-refractivity contribution in [3.63, 3.8) is 0 Å². The summed E-state index contributed by atoms with van der Waals surface area (Å²) in [6, 6.07) is 0. The van der Waals surface area contributed by atoms with Crippen molar-refractivity contribution in [2.45, 2.75) is 46.5 Å². The van der Waals surface area contributed by atoms with Crippen LogP contribution < -0.4 is 0 Å². The van der Waals surface area contributed by atoms with Crippen molar-refractivity contribution >= 4 is 5.97 Å². The first kappa shape index (κ1) is 10.3. The number of allylic oxidation sites excluding steroid dienone is 2. The Balaban J connectivity index is 2.54. The average Bonchev–Trinajstić information content (AvgIpc) is 2.51. The second kappa shape index (κ2) is 4.45. The summed E-state index contributed by atoms with van der Waals surface area (Å²) < 4.78 is 5.17. The summed E-state index contributed by atoms with van der Waals surface area (Å²) in [6.07, 6.45) is 3.89. The molecule has 2 nitrogen and oxygen atoms in total. The monoisotopic (exact) mass is 182 g/mol. The van der Waals surface area contributed by atoms with Gasteiger partial charge in [0.05, 0.1) is 0 Å². The number of hydrogen-bond acceptors (Lipinski definition) is 2. The number of rotatable bonds is 2. The Bertz CT molecular complexity index is 228. The van der Waals surface area contributed by atoms with E-state index in [0.29, 0.717) is 6.42 Å². The third-order valence-corrected chi connectivity index (χ3v) is 2.59. The molecule has 74 valence electrons. The number of carbonyl (C=O) groups is 1. The van der Waals surface area contributed by atoms with Gasteiger partial charge in [-0.25, -0.2) is 0 Å². The lowest BCUT2D eigenvalue weighted by molar-refractivity contribution is -0.139. The maximum absolute atomic E-state index is 11.0. The van der Waals surface area contributed by atoms with Gasteiger partial charge in [0.2, 0.25) is 0 Å². The van der Waals surface area contributed by atoms with Crippen LogP contribution in [0.15, 0.2) is 11.3 Å². The first-order valence-corrected chi connectivity index (χ1v) is 5.02. The van der Waals surface area contributed by atoms with Crippen molar-refractivity contribution in [2.24, 2.45) is 5.92 Å². The summed E-state index contributed by atoms with van der Waals surface area (Å²) in [6.45, 7) is 5.96. The maximum atomic E-state index is 11.0. The second-order valence-corrected chi connectivity index (χ2v) is 3.84. The van der Waals surface area contributed by atoms with Crippen LogP contribution >= 0.6 is 0 Å². The Morgan fingerprint density at radius 3 is 2.77 bits per heavy atom. The fraction of sp³-hybridized carbons (Fsp3) is 0.727. The molecule has 1 aliphatic carbocycles. The minimum atomic E-state index is -0.121. The highest BCUT2D eigenvalue weighted by molar-refractivity contribution is 5.70. The topological polar surface area (TPSA) is 26.3 Å². The highest BCUT2D eigenvalue weighted by atomic mass is 16.5. The van der Waals surface area contributed by atoms with Gasteiger partial charge in [-0.15, -0.1) is 0 Å². The van der Waals surface area contributed by atoms with Crippen molar-refractivity contribution in [3.05, 3.63) is 11.3 Å². The van der Waals surface area contributed by atoms with Crippen LogP contribution in [0.3, 0.4) is 0 Å². The van der Waals surface area contributed by atoms with Crippen LogP contribution in [0.5, 0.6) is 0 Å². The molecule has 1 atom stereocenters. The normalized spacial score (nSPS) is 25.9. The Kier molecular flexibility index (Phi) is 3.52. The molecular weight excluding hydrogens is 164 g/mol. The van der Waals surface area contributed by atoms with Crippen molar-refractivity contribution < 1.29 is 9.53 Å². The van der Waals surface area contributed by atoms with Gasteiger partial charge in [-0.05, 0) is 37.7 Å². The molecule has 0 aromatic carbocycles. The highest BCUT2D eigenvalue weighted by Gasteiger charge is 2.18. The summed E-state index contributed by atoms with van der Waals surface area (Å²) >= 11 is 0. The molecule has 0 amide bonds. The lowest BCUT2D eigenvalue weighted by atomic mass is 10.1. The van der Waals surface area contributed by atoms with Gasteiger partial charge < -0.3 is 4.74 Å². The molecule has 1 saturated carbocycles. The zero-order valence-corrected chi connectivity index (χ0v) is 8.72. The molecule has 0 aliphatic heterocycles. The summed E-state index contributed by atoms with van der Waals surface area (Å²) in [5.41, 5.74) is 1.33. The molecule has 0 spiro atoms. The van der Waals surface area contributed by atoms with Gasteiger partial charge in [0, 0.05) is 6.42 Å². The third-order valence-electron chi connectivity index (χ3n) is 2.59. The molecule has 0 heterocycles. The van der Waals surface area contributed by atoms with Crippen molar-refractivity contribution in [3.8, 4) is 0 Å². The van der Waals surface area contributed by atoms with Crippen molar-refractivity contribution in [1.82, 2.24) is 0 Å². The van der Waals surface area contributed by atoms with E-state index >= 15 is 0 Å². The lowest BCUT2D eigenvalue weighted by Gasteiger charge is -2.06. The van der Waals surface area contributed by atoms with Gasteiger partial charge in [-0.1, -0.05) is 13.8 Å². The Morgan fingerprint density at radius 2 is 2.31 bits per heavy atom. The third kappa shape index (κ3) is 2.87. The van der Waals surface area contributed by atoms with Crippen molar-refractivity contribution in [2.75, 3.05) is 0 Å². The van der Waals surface area contributed by atoms with Crippen LogP contribution in [-0.4, -0.2) is 5.97 Å². The second-order valence-electron chi connectivity index (χ2n) is 3.84. The number of esters is 1. The average molecular weight is 182 g/mol. The maximum Gasteiger partial charge on any atom is 0.310 e. The van der Waals surface area contributed by atoms with Gasteiger partial charge in [0.25, 0.3) is 0 Å². The molecule has 0 radical (unpaired) electrons. The Morgan fingerprint density at radius 1 is 1.62 bits per heavy atom. The van der Waals surface area contributed by atoms with Crippen LogP contribution in [0.25, 0.3) is 0 Å². The molecular formula is C11H18O2. The van der Waals surface area contributed by atoms with Crippen LogP contribution in [0, 0.1) is 5.92 Å². The van der Waals surface area contributed by atoms with E-state index in [9.17, 15) is 4.79 Å². The van der Waals surface area contributed by atoms with E-state index in [4.69, 9.17) is 4.74 Å². The summed E-state index contributed by atoms with van der Waals surface area (Å²) in [4.78, 5) is 11.0. The molecule has 13 heavy (non-hydrogen) atoms. The lowest BCUT2D eigenvalue weighted by Crippen LogP contribution is -2.02. The van der Waals surface area contributed by atoms with Crippen LogP contribution in [0.1, 0.15) is 46.5 Å². The summed E-state index contributed by atoms with van der Waals surface area (Å²) in [5.74, 6) is 1.48. The van der Waals surface area contributed by atoms with Gasteiger partial charge in [0.15, 0.2) is 0 Å². The molecule has 0 aromatic rings. The zero-order valence-electron chi connectivity index (χ0n) is 8.72. The number of carbonyl (C=O) groups excluding carboxylic acids is 1. The standard InChI is InChI=1S/C11H18O2/c1-4-11(12)13-9(3)10-6-5-8(2)7-10/h8H,4-7H2,1-3H3/b10-9+. The molecule has 1 fully saturated rings. The highest BCUT2D eigenvalue weighted by Crippen LogP contribution is 2.32. The van der Waals surface area contributed by atoms with Gasteiger partial charge in [0.1, 0.15) is 5.76 Å². The van der Waals surface area contributed by atoms with E-state index in [1.807, 2.05) is 13.8 Å². The van der Waals surface area contributed by atoms with Gasteiger partial charge >= 0.3 is 5.97 Å². The first-order valence-electron chi connectivity index (χ1n) is 5.02. The van der Waals surface area contributed by atoms with E-state index in [-0.39, 0.29) is 5.97 Å². The summed E-state index contributed by atoms with van der Waals surface area (Å²) in [5, 5.41) is 0. The van der Waals surface area contributed by atoms with Crippen LogP contribution in [0.2, 0.25) is 0 Å². The van der Waals surface area contributed by atoms with Crippen LogP contribution in [0.4, 0.5) is 0 Å². The molecule has 0 aromatic heterocycles. The predicted octanol–water partition coefficient (Wildman–Crippen LogP) is 3.03. The minimum absolute atomic E-state index is 0.121. The Labute approximate surface area is 80.0 Å². The summed E-state index contributed by atoms with van der Waals surface area (Å²) in [7, 11) is 0. The van der Waals surface area contributed by atoms with E-state index < -0.39 is 0 Å². The molecule has 1 aliphatic rings. The van der Waals surface area contributed by atoms with Crippen molar-refractivity contribution in [1.29, 1.82) is 0 Å². The van der Waals surface area contributed by atoms with E-state index in [1.54, 1.807) is 0 Å². The molecule has 1 rings (SSSR count). The van der Waals surface area contributed by atoms with E-state index in [1.165, 1.54) is 12.0 Å². The Hall–Kier alpha value is -0.790. The molecule has 0 saturated heterocycles. The molecule has 0 N–H and O–H groups in total. The fourth-order valence-electron chi connectivity index (χ4n) is 1.68. The molecule has 0 bridgehead atoms. The largest absolute Gasteiger partial charge is 0.431 e. The quantitative estimate of drug-likeness (QED) is 0.484. The molecule has 2 heteroatoms. The van der Waals surface area contributed by atoms with Gasteiger partial charge in [-0.2, -0.15) is 0 Å². The zero-order chi connectivity index (χ0) is 9.84. The SMILES string of the molecule is CCC(=O)O/C(C)=C1\CCC(C)C1. The molecule has 1 unspecified atom stereocenters. The predicted molar refractivity (Wildman–Crippen MR) is 52.1 cm³/mol.